The first kappa shape index (κ1) is 19.1. The number of halogens is 2. The van der Waals surface area contributed by atoms with Crippen LogP contribution < -0.4 is 0 Å². The zero-order chi connectivity index (χ0) is 18.0. The predicted molar refractivity (Wildman–Crippen MR) is 105 cm³/mol. The number of nitrogens with zero attached hydrogens (tertiary/aromatic N) is 1. The minimum absolute atomic E-state index is 0.0888. The second-order valence-electron chi connectivity index (χ2n) is 7.48. The van der Waals surface area contributed by atoms with E-state index in [4.69, 9.17) is 4.74 Å². The van der Waals surface area contributed by atoms with Gasteiger partial charge >= 0.3 is 5.97 Å². The van der Waals surface area contributed by atoms with Gasteiger partial charge in [0.1, 0.15) is 0 Å². The Kier molecular flexibility index (Phi) is 6.36. The van der Waals surface area contributed by atoms with Crippen molar-refractivity contribution in [2.75, 3.05) is 13.2 Å². The fourth-order valence-corrected chi connectivity index (χ4v) is 4.95. The third kappa shape index (κ3) is 4.18. The molecule has 3 rings (SSSR count). The molecule has 4 atom stereocenters. The molecule has 138 valence electrons. The third-order valence-electron chi connectivity index (χ3n) is 5.54. The number of esters is 1. The van der Waals surface area contributed by atoms with Crippen LogP contribution in [0.3, 0.4) is 0 Å². The molecule has 2 aliphatic rings. The van der Waals surface area contributed by atoms with Gasteiger partial charge in [0.05, 0.1) is 18.7 Å². The quantitative estimate of drug-likeness (QED) is 0.462. The highest BCUT2D eigenvalue weighted by molar-refractivity contribution is 14.1. The fraction of sp³-hybridized carbons (Fsp3) is 0.650. The molecule has 0 aromatic heterocycles. The predicted octanol–water partition coefficient (Wildman–Crippen LogP) is 4.54. The van der Waals surface area contributed by atoms with Crippen LogP contribution in [0.4, 0.5) is 4.39 Å². The van der Waals surface area contributed by atoms with Crippen molar-refractivity contribution in [1.29, 1.82) is 0 Å². The van der Waals surface area contributed by atoms with Crippen molar-refractivity contribution in [3.8, 4) is 0 Å². The summed E-state index contributed by atoms with van der Waals surface area (Å²) in [5.41, 5.74) is 1.23. The third-order valence-corrected chi connectivity index (χ3v) is 6.26. The number of benzene rings is 1. The molecule has 25 heavy (non-hydrogen) atoms. The summed E-state index contributed by atoms with van der Waals surface area (Å²) in [6.07, 6.45) is 3.51. The Hall–Kier alpha value is -0.690. The fourth-order valence-electron chi connectivity index (χ4n) is 4.59. The topological polar surface area (TPSA) is 29.5 Å². The van der Waals surface area contributed by atoms with Crippen molar-refractivity contribution < 1.29 is 13.9 Å². The molecule has 5 heteroatoms. The standard InChI is InChI=1S/C20H27FINO2/c1-13(2)25-20(24)19-17(14-4-6-15(22)7-5-14)12-16-8-9-18(19)23(16)11-3-10-21/h4-7,13,16-19H,3,8-12H2,1-2H3/t16-,17+,18+,19-/m0/s1. The molecule has 2 bridgehead atoms. The van der Waals surface area contributed by atoms with Gasteiger partial charge in [0.15, 0.2) is 0 Å². The maximum Gasteiger partial charge on any atom is 0.311 e. The molecule has 0 unspecified atom stereocenters. The lowest BCUT2D eigenvalue weighted by molar-refractivity contribution is -0.157. The van der Waals surface area contributed by atoms with Gasteiger partial charge in [-0.3, -0.25) is 14.1 Å². The molecule has 0 spiro atoms. The van der Waals surface area contributed by atoms with Gasteiger partial charge in [-0.2, -0.15) is 0 Å². The van der Waals surface area contributed by atoms with Gasteiger partial charge in [0, 0.05) is 28.1 Å². The Balaban J connectivity index is 1.89. The monoisotopic (exact) mass is 459 g/mol. The van der Waals surface area contributed by atoms with E-state index in [9.17, 15) is 9.18 Å². The number of piperidine rings is 1. The molecule has 1 aromatic carbocycles. The number of ether oxygens (including phenoxy) is 1. The number of rotatable bonds is 6. The summed E-state index contributed by atoms with van der Waals surface area (Å²) in [5.74, 6) is -0.0441. The second kappa shape index (κ2) is 8.33. The lowest BCUT2D eigenvalue weighted by Crippen LogP contribution is -2.51. The van der Waals surface area contributed by atoms with Gasteiger partial charge in [0.25, 0.3) is 0 Å². The molecule has 2 saturated heterocycles. The number of carbonyl (C=O) groups is 1. The Morgan fingerprint density at radius 3 is 2.68 bits per heavy atom. The van der Waals surface area contributed by atoms with Gasteiger partial charge < -0.3 is 4.74 Å². The van der Waals surface area contributed by atoms with Crippen molar-refractivity contribution in [3.63, 3.8) is 0 Å². The van der Waals surface area contributed by atoms with Crippen molar-refractivity contribution >= 4 is 28.6 Å². The number of fused-ring (bicyclic) bond motifs is 2. The van der Waals surface area contributed by atoms with E-state index < -0.39 is 0 Å². The minimum atomic E-state index is -0.294. The van der Waals surface area contributed by atoms with Crippen molar-refractivity contribution in [2.24, 2.45) is 5.92 Å². The lowest BCUT2D eigenvalue weighted by Gasteiger charge is -2.44. The molecular weight excluding hydrogens is 432 g/mol. The van der Waals surface area contributed by atoms with Gasteiger partial charge in [0.2, 0.25) is 0 Å². The molecule has 2 fully saturated rings. The molecule has 0 aliphatic carbocycles. The van der Waals surface area contributed by atoms with Crippen LogP contribution in [0.15, 0.2) is 24.3 Å². The zero-order valence-corrected chi connectivity index (χ0v) is 17.1. The van der Waals surface area contributed by atoms with E-state index in [1.165, 1.54) is 9.13 Å². The first-order chi connectivity index (χ1) is 12.0. The first-order valence-corrected chi connectivity index (χ1v) is 10.4. The summed E-state index contributed by atoms with van der Waals surface area (Å²) in [6.45, 7) is 4.26. The van der Waals surface area contributed by atoms with E-state index >= 15 is 0 Å². The highest BCUT2D eigenvalue weighted by Crippen LogP contribution is 2.47. The molecule has 0 saturated carbocycles. The van der Waals surface area contributed by atoms with Crippen molar-refractivity contribution in [2.45, 2.75) is 63.6 Å². The smallest absolute Gasteiger partial charge is 0.311 e. The summed E-state index contributed by atoms with van der Waals surface area (Å²) in [4.78, 5) is 15.3. The molecule has 0 amide bonds. The van der Waals surface area contributed by atoms with Crippen molar-refractivity contribution in [1.82, 2.24) is 4.90 Å². The zero-order valence-electron chi connectivity index (χ0n) is 15.0. The summed E-state index contributed by atoms with van der Waals surface area (Å²) in [7, 11) is 0. The highest BCUT2D eigenvalue weighted by Gasteiger charge is 2.50. The van der Waals surface area contributed by atoms with Gasteiger partial charge in [-0.05, 0) is 79.8 Å². The average molecular weight is 459 g/mol. The summed E-state index contributed by atoms with van der Waals surface area (Å²) >= 11 is 2.31. The van der Waals surface area contributed by atoms with E-state index in [1.54, 1.807) is 0 Å². The normalized spacial score (nSPS) is 29.2. The van der Waals surface area contributed by atoms with Crippen LogP contribution in [-0.2, 0) is 9.53 Å². The second-order valence-corrected chi connectivity index (χ2v) is 8.73. The molecule has 2 aliphatic heterocycles. The lowest BCUT2D eigenvalue weighted by atomic mass is 9.76. The van der Waals surface area contributed by atoms with E-state index in [0.29, 0.717) is 12.5 Å². The van der Waals surface area contributed by atoms with Crippen LogP contribution >= 0.6 is 22.6 Å². The Bertz CT molecular complexity index is 592. The van der Waals surface area contributed by atoms with E-state index in [-0.39, 0.29) is 36.6 Å². The Morgan fingerprint density at radius 2 is 2.04 bits per heavy atom. The van der Waals surface area contributed by atoms with E-state index in [1.807, 2.05) is 13.8 Å². The van der Waals surface area contributed by atoms with Crippen molar-refractivity contribution in [3.05, 3.63) is 33.4 Å². The SMILES string of the molecule is CC(C)OC(=O)[C@H]1[C@@H](c2ccc(I)cc2)C[C@@H]2CC[C@H]1N2CCCF. The summed E-state index contributed by atoms with van der Waals surface area (Å²) < 4.78 is 19.5. The Morgan fingerprint density at radius 1 is 1.32 bits per heavy atom. The van der Waals surface area contributed by atoms with Crippen LogP contribution in [-0.4, -0.2) is 42.3 Å². The van der Waals surface area contributed by atoms with Crippen LogP contribution in [0.2, 0.25) is 0 Å². The van der Waals surface area contributed by atoms with Crippen LogP contribution in [0.1, 0.15) is 51.0 Å². The highest BCUT2D eigenvalue weighted by atomic mass is 127. The maximum absolute atomic E-state index is 12.9. The van der Waals surface area contributed by atoms with Crippen LogP contribution in [0.5, 0.6) is 0 Å². The average Bonchev–Trinajstić information content (AvgIpc) is 2.84. The first-order valence-electron chi connectivity index (χ1n) is 9.29. The van der Waals surface area contributed by atoms with E-state index in [0.717, 1.165) is 25.8 Å². The van der Waals surface area contributed by atoms with Gasteiger partial charge in [-0.25, -0.2) is 0 Å². The Labute approximate surface area is 163 Å². The molecule has 2 heterocycles. The molecule has 0 radical (unpaired) electrons. The van der Waals surface area contributed by atoms with Gasteiger partial charge in [-0.15, -0.1) is 0 Å². The summed E-state index contributed by atoms with van der Waals surface area (Å²) in [5, 5.41) is 0. The minimum Gasteiger partial charge on any atom is -0.463 e. The van der Waals surface area contributed by atoms with Crippen LogP contribution in [0, 0.1) is 9.49 Å². The van der Waals surface area contributed by atoms with Crippen LogP contribution in [0.25, 0.3) is 0 Å². The molecule has 1 aromatic rings. The maximum atomic E-state index is 12.9. The summed E-state index contributed by atoms with van der Waals surface area (Å²) in [6, 6.07) is 9.16. The van der Waals surface area contributed by atoms with E-state index in [2.05, 4.69) is 51.8 Å². The van der Waals surface area contributed by atoms with Gasteiger partial charge in [-0.1, -0.05) is 12.1 Å². The molecule has 0 N–H and O–H groups in total. The number of carbonyl (C=O) groups excluding carboxylic acids is 1. The number of hydrogen-bond acceptors (Lipinski definition) is 3. The molecular formula is C20H27FINO2. The number of alkyl halides is 1. The molecule has 3 nitrogen and oxygen atoms in total. The largest absolute Gasteiger partial charge is 0.463 e. The number of hydrogen-bond donors (Lipinski definition) is 0.